The highest BCUT2D eigenvalue weighted by molar-refractivity contribution is 6.31. The van der Waals surface area contributed by atoms with Crippen LogP contribution in [0.4, 0.5) is 4.39 Å². The van der Waals surface area contributed by atoms with Gasteiger partial charge in [-0.3, -0.25) is 4.79 Å². The molecule has 0 atom stereocenters. The fraction of sp³-hybridized carbons (Fsp3) is 0.0435. The standard InChI is InChI=1S/C23H13ClFN3O2/c24-17-10-13(4-6-18(17)25)22-16-12-28(30)9-8-19(16)27-20-3-1-2-15(23(20)22)14-5-7-21(29)26-11-14/h1-11H,12H2/p+1. The van der Waals surface area contributed by atoms with Crippen LogP contribution in [-0.2, 0) is 6.54 Å². The largest absolute Gasteiger partial charge is 0.328 e. The molecule has 5 nitrogen and oxygen atoms in total. The molecule has 2 aromatic heterocycles. The van der Waals surface area contributed by atoms with Crippen LogP contribution in [0.1, 0.15) is 11.3 Å². The number of nitroso groups, excluding NO2 is 1. The van der Waals surface area contributed by atoms with Gasteiger partial charge in [-0.2, -0.15) is 0 Å². The third-order valence-corrected chi connectivity index (χ3v) is 5.45. The van der Waals surface area contributed by atoms with Gasteiger partial charge in [-0.15, -0.1) is 0 Å². The molecule has 2 aromatic carbocycles. The lowest BCUT2D eigenvalue weighted by atomic mass is 9.89. The smallest absolute Gasteiger partial charge is 0.247 e. The zero-order valence-corrected chi connectivity index (χ0v) is 16.3. The lowest BCUT2D eigenvalue weighted by Gasteiger charge is -2.18. The number of hydrogen-bond donors (Lipinski definition) is 1. The molecule has 0 unspecified atom stereocenters. The maximum absolute atomic E-state index is 13.9. The second-order valence-electron chi connectivity index (χ2n) is 7.01. The van der Waals surface area contributed by atoms with Gasteiger partial charge in [0.2, 0.25) is 18.3 Å². The fourth-order valence-electron chi connectivity index (χ4n) is 3.82. The highest BCUT2D eigenvalue weighted by Crippen LogP contribution is 2.41. The fourth-order valence-corrected chi connectivity index (χ4v) is 4.00. The molecular weight excluding hydrogens is 405 g/mol. The second-order valence-corrected chi connectivity index (χ2v) is 7.42. The van der Waals surface area contributed by atoms with Crippen molar-refractivity contribution in [1.82, 2.24) is 9.97 Å². The van der Waals surface area contributed by atoms with E-state index < -0.39 is 5.82 Å². The first-order chi connectivity index (χ1) is 14.5. The summed E-state index contributed by atoms with van der Waals surface area (Å²) >= 11 is 6.08. The van der Waals surface area contributed by atoms with Crippen LogP contribution < -0.4 is 5.56 Å². The third kappa shape index (κ3) is 3.02. The molecule has 7 heteroatoms. The Morgan fingerprint density at radius 1 is 1.10 bits per heavy atom. The summed E-state index contributed by atoms with van der Waals surface area (Å²) in [5.41, 5.74) is 5.02. The van der Waals surface area contributed by atoms with Crippen molar-refractivity contribution in [2.75, 3.05) is 0 Å². The zero-order chi connectivity index (χ0) is 20.8. The molecule has 0 fully saturated rings. The first-order valence-corrected chi connectivity index (χ1v) is 9.61. The molecule has 4 aromatic rings. The molecule has 0 saturated heterocycles. The number of H-pyrrole nitrogens is 1. The first-order valence-electron chi connectivity index (χ1n) is 9.23. The quantitative estimate of drug-likeness (QED) is 0.448. The number of aromatic nitrogens is 2. The Labute approximate surface area is 175 Å². The van der Waals surface area contributed by atoms with Gasteiger partial charge in [0.15, 0.2) is 0 Å². The van der Waals surface area contributed by atoms with Gasteiger partial charge >= 0.3 is 0 Å². The summed E-state index contributed by atoms with van der Waals surface area (Å²) in [6.45, 7) is 0.110. The third-order valence-electron chi connectivity index (χ3n) is 5.16. The van der Waals surface area contributed by atoms with E-state index in [1.165, 1.54) is 18.3 Å². The maximum atomic E-state index is 13.9. The summed E-state index contributed by atoms with van der Waals surface area (Å²) in [5.74, 6) is -0.515. The second kappa shape index (κ2) is 7.00. The molecule has 146 valence electrons. The minimum atomic E-state index is -0.515. The Bertz CT molecular complexity index is 1420. The molecule has 0 radical (unpaired) electrons. The number of halogens is 2. The molecule has 1 N–H and O–H groups in total. The van der Waals surface area contributed by atoms with E-state index in [4.69, 9.17) is 16.6 Å². The Balaban J connectivity index is 1.93. The van der Waals surface area contributed by atoms with Gasteiger partial charge in [-0.1, -0.05) is 29.8 Å². The van der Waals surface area contributed by atoms with Crippen molar-refractivity contribution in [2.24, 2.45) is 0 Å². The number of rotatable bonds is 2. The van der Waals surface area contributed by atoms with Crippen molar-refractivity contribution in [3.05, 3.63) is 98.3 Å². The highest BCUT2D eigenvalue weighted by Gasteiger charge is 2.26. The van der Waals surface area contributed by atoms with Crippen molar-refractivity contribution in [2.45, 2.75) is 6.54 Å². The zero-order valence-electron chi connectivity index (χ0n) is 15.5. The summed E-state index contributed by atoms with van der Waals surface area (Å²) in [5, 5.41) is 0.799. The Morgan fingerprint density at radius 2 is 1.93 bits per heavy atom. The summed E-state index contributed by atoms with van der Waals surface area (Å²) in [4.78, 5) is 31.1. The number of hydrogen-bond acceptors (Lipinski definition) is 3. The predicted molar refractivity (Wildman–Crippen MR) is 115 cm³/mol. The highest BCUT2D eigenvalue weighted by atomic mass is 35.5. The van der Waals surface area contributed by atoms with E-state index in [0.717, 1.165) is 37.9 Å². The molecule has 1 aliphatic rings. The molecule has 30 heavy (non-hydrogen) atoms. The van der Waals surface area contributed by atoms with Crippen LogP contribution in [0.3, 0.4) is 0 Å². The Kier molecular flexibility index (Phi) is 4.29. The molecule has 1 aliphatic heterocycles. The van der Waals surface area contributed by atoms with Crippen LogP contribution in [0.2, 0.25) is 5.02 Å². The number of pyridine rings is 2. The maximum Gasteiger partial charge on any atom is 0.247 e. The van der Waals surface area contributed by atoms with Crippen molar-refractivity contribution in [3.8, 4) is 22.3 Å². The Morgan fingerprint density at radius 3 is 2.70 bits per heavy atom. The van der Waals surface area contributed by atoms with Crippen molar-refractivity contribution < 1.29 is 9.15 Å². The van der Waals surface area contributed by atoms with Crippen LogP contribution in [0, 0.1) is 10.7 Å². The van der Waals surface area contributed by atoms with Gasteiger partial charge < -0.3 is 4.98 Å². The average Bonchev–Trinajstić information content (AvgIpc) is 2.74. The number of benzene rings is 2. The number of aromatic amines is 1. The molecular formula is C23H14ClFN3O2+. The minimum Gasteiger partial charge on any atom is -0.328 e. The van der Waals surface area contributed by atoms with Gasteiger partial charge in [0, 0.05) is 39.0 Å². The first kappa shape index (κ1) is 18.4. The van der Waals surface area contributed by atoms with Gasteiger partial charge in [-0.25, -0.2) is 9.37 Å². The predicted octanol–water partition coefficient (Wildman–Crippen LogP) is 5.31. The number of nitrogens with zero attached hydrogens (tertiary/aromatic N) is 2. The summed E-state index contributed by atoms with van der Waals surface area (Å²) < 4.78 is 14.7. The average molecular weight is 419 g/mol. The van der Waals surface area contributed by atoms with Gasteiger partial charge in [0.05, 0.1) is 21.8 Å². The summed E-state index contributed by atoms with van der Waals surface area (Å²) in [6, 6.07) is 13.4. The van der Waals surface area contributed by atoms with E-state index in [0.29, 0.717) is 11.3 Å². The van der Waals surface area contributed by atoms with Crippen molar-refractivity contribution in [3.63, 3.8) is 0 Å². The van der Waals surface area contributed by atoms with Gasteiger partial charge in [-0.05, 0) is 41.0 Å². The topological polar surface area (TPSA) is 65.8 Å². The van der Waals surface area contributed by atoms with Gasteiger partial charge in [0.1, 0.15) is 5.82 Å². The lowest BCUT2D eigenvalue weighted by Crippen LogP contribution is -2.10. The molecule has 5 rings (SSSR count). The van der Waals surface area contributed by atoms with E-state index >= 15 is 0 Å². The SMILES string of the molecule is O=c1ccc(-c2cccc3nc4c(c(-c5ccc(F)c(Cl)c5)c23)C[N+](=O)C=C4)c[nH]1. The van der Waals surface area contributed by atoms with Crippen LogP contribution in [0.25, 0.3) is 39.2 Å². The molecule has 3 heterocycles. The van der Waals surface area contributed by atoms with Crippen LogP contribution >= 0.6 is 11.6 Å². The van der Waals surface area contributed by atoms with Crippen molar-refractivity contribution in [1.29, 1.82) is 0 Å². The molecule has 0 saturated carbocycles. The molecule has 0 bridgehead atoms. The van der Waals surface area contributed by atoms with Crippen LogP contribution in [-0.4, -0.2) is 14.7 Å². The van der Waals surface area contributed by atoms with E-state index in [1.807, 2.05) is 18.2 Å². The number of nitrogens with one attached hydrogen (secondary N) is 1. The normalized spacial score (nSPS) is 12.9. The lowest BCUT2D eigenvalue weighted by molar-refractivity contribution is -0.496. The molecule has 0 spiro atoms. The van der Waals surface area contributed by atoms with E-state index in [9.17, 15) is 14.1 Å². The summed E-state index contributed by atoms with van der Waals surface area (Å²) in [7, 11) is 0. The van der Waals surface area contributed by atoms with Crippen molar-refractivity contribution >= 4 is 28.6 Å². The number of fused-ring (bicyclic) bond motifs is 2. The van der Waals surface area contributed by atoms with E-state index in [2.05, 4.69) is 4.98 Å². The monoisotopic (exact) mass is 418 g/mol. The van der Waals surface area contributed by atoms with E-state index in [1.54, 1.807) is 30.5 Å². The van der Waals surface area contributed by atoms with Gasteiger partial charge in [0.25, 0.3) is 0 Å². The minimum absolute atomic E-state index is 0.00179. The Hall–Kier alpha value is -3.64. The molecule has 0 amide bonds. The van der Waals surface area contributed by atoms with E-state index in [-0.39, 0.29) is 17.1 Å². The summed E-state index contributed by atoms with van der Waals surface area (Å²) in [6.07, 6.45) is 4.75. The van der Waals surface area contributed by atoms with Crippen LogP contribution in [0.5, 0.6) is 0 Å². The molecule has 0 aliphatic carbocycles. The van der Waals surface area contributed by atoms with Crippen LogP contribution in [0.15, 0.2) is 65.7 Å².